The number of nitrogens with one attached hydrogen (secondary N) is 1. The van der Waals surface area contributed by atoms with Gasteiger partial charge in [0.1, 0.15) is 5.75 Å². The van der Waals surface area contributed by atoms with Crippen molar-refractivity contribution in [1.29, 1.82) is 0 Å². The highest BCUT2D eigenvalue weighted by Crippen LogP contribution is 2.25. The van der Waals surface area contributed by atoms with Crippen LogP contribution in [0.15, 0.2) is 63.3 Å². The van der Waals surface area contributed by atoms with Crippen molar-refractivity contribution in [3.8, 4) is 17.1 Å². The van der Waals surface area contributed by atoms with E-state index in [0.717, 1.165) is 27.2 Å². The largest absolute Gasteiger partial charge is 0.496 e. The van der Waals surface area contributed by atoms with Gasteiger partial charge >= 0.3 is 0 Å². The van der Waals surface area contributed by atoms with Crippen molar-refractivity contribution in [2.24, 2.45) is 5.10 Å². The zero-order valence-electron chi connectivity index (χ0n) is 16.0. The molecule has 0 aliphatic rings. The standard InChI is InChI=1S/C20H20BrN5O2S/c1-3-26-19(15-7-5-4-6-8-15)24-25-20(26)29-13-18(27)23-22-12-14-9-10-17(28-2)16(21)11-14/h4-12H,3,13H2,1-2H3,(H,23,27)/b22-12+. The molecule has 9 heteroatoms. The van der Waals surface area contributed by atoms with Crippen LogP contribution in [0, 0.1) is 0 Å². The normalized spacial score (nSPS) is 11.0. The van der Waals surface area contributed by atoms with Gasteiger partial charge < -0.3 is 9.30 Å². The first kappa shape index (κ1) is 21.1. The molecule has 0 aliphatic heterocycles. The summed E-state index contributed by atoms with van der Waals surface area (Å²) in [6, 6.07) is 15.4. The lowest BCUT2D eigenvalue weighted by Gasteiger charge is -2.07. The lowest BCUT2D eigenvalue weighted by atomic mass is 10.2. The van der Waals surface area contributed by atoms with Gasteiger partial charge in [-0.1, -0.05) is 42.1 Å². The van der Waals surface area contributed by atoms with Crippen molar-refractivity contribution in [2.75, 3.05) is 12.9 Å². The number of halogens is 1. The van der Waals surface area contributed by atoms with Gasteiger partial charge in [-0.15, -0.1) is 10.2 Å². The van der Waals surface area contributed by atoms with E-state index in [0.29, 0.717) is 11.7 Å². The molecule has 0 saturated carbocycles. The molecule has 0 radical (unpaired) electrons. The van der Waals surface area contributed by atoms with E-state index < -0.39 is 0 Å². The Balaban J connectivity index is 1.57. The first-order valence-corrected chi connectivity index (χ1v) is 10.7. The predicted octanol–water partition coefficient (Wildman–Crippen LogP) is 3.98. The number of methoxy groups -OCH3 is 1. The van der Waals surface area contributed by atoms with E-state index in [9.17, 15) is 4.79 Å². The molecule has 0 unspecified atom stereocenters. The Hall–Kier alpha value is -2.65. The Labute approximate surface area is 181 Å². The molecule has 0 bridgehead atoms. The van der Waals surface area contributed by atoms with Crippen molar-refractivity contribution in [1.82, 2.24) is 20.2 Å². The maximum Gasteiger partial charge on any atom is 0.250 e. The van der Waals surface area contributed by atoms with Crippen molar-refractivity contribution >= 4 is 39.8 Å². The average molecular weight is 474 g/mol. The van der Waals surface area contributed by atoms with Gasteiger partial charge in [0.05, 0.1) is 23.5 Å². The zero-order chi connectivity index (χ0) is 20.6. The first-order chi connectivity index (χ1) is 14.1. The maximum absolute atomic E-state index is 12.1. The van der Waals surface area contributed by atoms with E-state index in [4.69, 9.17) is 4.74 Å². The summed E-state index contributed by atoms with van der Waals surface area (Å²) >= 11 is 4.75. The Kier molecular flexibility index (Phi) is 7.42. The van der Waals surface area contributed by atoms with E-state index in [1.165, 1.54) is 11.8 Å². The summed E-state index contributed by atoms with van der Waals surface area (Å²) in [5.41, 5.74) is 4.36. The van der Waals surface area contributed by atoms with Gasteiger partial charge in [0.2, 0.25) is 0 Å². The van der Waals surface area contributed by atoms with Gasteiger partial charge in [-0.2, -0.15) is 5.10 Å². The Bertz CT molecular complexity index is 1010. The van der Waals surface area contributed by atoms with Crippen molar-refractivity contribution in [3.63, 3.8) is 0 Å². The Morgan fingerprint density at radius 2 is 2.07 bits per heavy atom. The number of hydrogen-bond donors (Lipinski definition) is 1. The number of nitrogens with zero attached hydrogens (tertiary/aromatic N) is 4. The molecular formula is C20H20BrN5O2S. The fourth-order valence-corrected chi connectivity index (χ4v) is 3.94. The number of carbonyl (C=O) groups is 1. The first-order valence-electron chi connectivity index (χ1n) is 8.89. The third kappa shape index (κ3) is 5.45. The maximum atomic E-state index is 12.1. The van der Waals surface area contributed by atoms with Crippen LogP contribution in [0.3, 0.4) is 0 Å². The van der Waals surface area contributed by atoms with Gasteiger partial charge in [-0.05, 0) is 46.6 Å². The molecule has 0 aliphatic carbocycles. The predicted molar refractivity (Wildman–Crippen MR) is 118 cm³/mol. The van der Waals surface area contributed by atoms with Crippen molar-refractivity contribution in [3.05, 3.63) is 58.6 Å². The van der Waals surface area contributed by atoms with Crippen LogP contribution in [0.5, 0.6) is 5.75 Å². The van der Waals surface area contributed by atoms with Crippen LogP contribution in [-0.4, -0.2) is 39.7 Å². The van der Waals surface area contributed by atoms with Crippen LogP contribution >= 0.6 is 27.7 Å². The third-order valence-corrected chi connectivity index (χ3v) is 5.56. The number of rotatable bonds is 8. The third-order valence-electron chi connectivity index (χ3n) is 3.98. The van der Waals surface area contributed by atoms with Gasteiger partial charge in [0.15, 0.2) is 11.0 Å². The lowest BCUT2D eigenvalue weighted by Crippen LogP contribution is -2.20. The van der Waals surface area contributed by atoms with Crippen LogP contribution in [0.2, 0.25) is 0 Å². The molecule has 0 saturated heterocycles. The number of aromatic nitrogens is 3. The molecule has 1 amide bonds. The van der Waals surface area contributed by atoms with Crippen LogP contribution < -0.4 is 10.2 Å². The van der Waals surface area contributed by atoms with Gasteiger partial charge in [0, 0.05) is 12.1 Å². The molecule has 3 rings (SSSR count). The number of hydrazone groups is 1. The molecule has 0 atom stereocenters. The minimum absolute atomic E-state index is 0.191. The van der Waals surface area contributed by atoms with Gasteiger partial charge in [0.25, 0.3) is 5.91 Å². The highest BCUT2D eigenvalue weighted by Gasteiger charge is 2.14. The number of benzene rings is 2. The summed E-state index contributed by atoms with van der Waals surface area (Å²) in [6.07, 6.45) is 1.58. The van der Waals surface area contributed by atoms with Gasteiger partial charge in [-0.25, -0.2) is 5.43 Å². The fraction of sp³-hybridized carbons (Fsp3) is 0.200. The minimum atomic E-state index is -0.217. The second-order valence-corrected chi connectivity index (χ2v) is 7.69. The number of ether oxygens (including phenoxy) is 1. The zero-order valence-corrected chi connectivity index (χ0v) is 18.4. The second-order valence-electron chi connectivity index (χ2n) is 5.89. The molecule has 1 aromatic heterocycles. The quantitative estimate of drug-likeness (QED) is 0.304. The van der Waals surface area contributed by atoms with E-state index in [1.807, 2.05) is 60.0 Å². The van der Waals surface area contributed by atoms with Crippen LogP contribution in [0.25, 0.3) is 11.4 Å². The molecule has 1 N–H and O–H groups in total. The molecular weight excluding hydrogens is 454 g/mol. The van der Waals surface area contributed by atoms with Crippen molar-refractivity contribution < 1.29 is 9.53 Å². The fourth-order valence-electron chi connectivity index (χ4n) is 2.59. The van der Waals surface area contributed by atoms with E-state index in [-0.39, 0.29) is 11.7 Å². The smallest absolute Gasteiger partial charge is 0.250 e. The second kappa shape index (κ2) is 10.2. The molecule has 0 fully saturated rings. The summed E-state index contributed by atoms with van der Waals surface area (Å²) in [5, 5.41) is 13.2. The number of amides is 1. The van der Waals surface area contributed by atoms with Crippen molar-refractivity contribution in [2.45, 2.75) is 18.6 Å². The topological polar surface area (TPSA) is 81.4 Å². The summed E-state index contributed by atoms with van der Waals surface area (Å²) in [7, 11) is 1.61. The molecule has 7 nitrogen and oxygen atoms in total. The molecule has 0 spiro atoms. The molecule has 2 aromatic carbocycles. The number of carbonyl (C=O) groups excluding carboxylic acids is 1. The summed E-state index contributed by atoms with van der Waals surface area (Å²) in [6.45, 7) is 2.74. The molecule has 3 aromatic rings. The monoisotopic (exact) mass is 473 g/mol. The minimum Gasteiger partial charge on any atom is -0.496 e. The Morgan fingerprint density at radius 1 is 1.28 bits per heavy atom. The Morgan fingerprint density at radius 3 is 2.76 bits per heavy atom. The van der Waals surface area contributed by atoms with Crippen LogP contribution in [0.1, 0.15) is 12.5 Å². The molecule has 150 valence electrons. The molecule has 1 heterocycles. The summed E-state index contributed by atoms with van der Waals surface area (Å²) in [4.78, 5) is 12.1. The summed E-state index contributed by atoms with van der Waals surface area (Å²) < 4.78 is 8.00. The van der Waals surface area contributed by atoms with Crippen LogP contribution in [0.4, 0.5) is 0 Å². The van der Waals surface area contributed by atoms with E-state index >= 15 is 0 Å². The highest BCUT2D eigenvalue weighted by atomic mass is 79.9. The van der Waals surface area contributed by atoms with E-state index in [1.54, 1.807) is 13.3 Å². The molecule has 29 heavy (non-hydrogen) atoms. The summed E-state index contributed by atoms with van der Waals surface area (Å²) in [5.74, 6) is 1.50. The number of hydrogen-bond acceptors (Lipinski definition) is 6. The average Bonchev–Trinajstić information content (AvgIpc) is 3.16. The van der Waals surface area contributed by atoms with Crippen LogP contribution in [-0.2, 0) is 11.3 Å². The highest BCUT2D eigenvalue weighted by molar-refractivity contribution is 9.10. The van der Waals surface area contributed by atoms with Gasteiger partial charge in [-0.3, -0.25) is 4.79 Å². The lowest BCUT2D eigenvalue weighted by molar-refractivity contribution is -0.118. The number of thioether (sulfide) groups is 1. The van der Waals surface area contributed by atoms with E-state index in [2.05, 4.69) is 36.7 Å². The SMILES string of the molecule is CCn1c(SCC(=O)N/N=C/c2ccc(OC)c(Br)c2)nnc1-c1ccccc1.